The van der Waals surface area contributed by atoms with Crippen molar-refractivity contribution in [1.82, 2.24) is 0 Å². The molecular weight excluding hydrogens is 448 g/mol. The molecule has 2 atom stereocenters. The monoisotopic (exact) mass is 496 g/mol. The molecule has 0 saturated carbocycles. The van der Waals surface area contributed by atoms with E-state index < -0.39 is 28.8 Å². The molecule has 2 N–H and O–H groups in total. The second kappa shape index (κ2) is 16.6. The molecule has 0 bridgehead atoms. The summed E-state index contributed by atoms with van der Waals surface area (Å²) in [4.78, 5) is 12.9. The fourth-order valence-electron chi connectivity index (χ4n) is 3.88. The summed E-state index contributed by atoms with van der Waals surface area (Å²) < 4.78 is 12.7. The van der Waals surface area contributed by atoms with Crippen molar-refractivity contribution >= 4 is 22.4 Å². The van der Waals surface area contributed by atoms with Crippen LogP contribution in [0, 0.1) is 11.8 Å². The first kappa shape index (κ1) is 32.0. The minimum atomic E-state index is -2.10. The Morgan fingerprint density at radius 2 is 1.45 bits per heavy atom. The van der Waals surface area contributed by atoms with Gasteiger partial charge in [-0.05, 0) is 67.7 Å². The third-order valence-corrected chi connectivity index (χ3v) is 16.2. The van der Waals surface area contributed by atoms with Crippen LogP contribution in [0.5, 0.6) is 0 Å². The van der Waals surface area contributed by atoms with Gasteiger partial charge in [0.25, 0.3) is 0 Å². The molecule has 0 aliphatic carbocycles. The molecule has 5 nitrogen and oxygen atoms in total. The molecule has 0 spiro atoms. The predicted molar refractivity (Wildman–Crippen MR) is 143 cm³/mol. The van der Waals surface area contributed by atoms with Crippen molar-refractivity contribution in [3.63, 3.8) is 0 Å². The summed E-state index contributed by atoms with van der Waals surface area (Å²) in [7, 11) is -3.85. The maximum Gasteiger partial charge on any atom is 0.233 e. The first-order chi connectivity index (χ1) is 15.6. The van der Waals surface area contributed by atoms with Crippen molar-refractivity contribution in [3.05, 3.63) is 23.3 Å². The Morgan fingerprint density at radius 1 is 0.939 bits per heavy atom. The van der Waals surface area contributed by atoms with Gasteiger partial charge in [0.15, 0.2) is 16.6 Å². The van der Waals surface area contributed by atoms with E-state index in [4.69, 9.17) is 8.85 Å². The van der Waals surface area contributed by atoms with E-state index in [1.165, 1.54) is 0 Å². The van der Waals surface area contributed by atoms with Crippen LogP contribution in [-0.2, 0) is 13.6 Å². The maximum atomic E-state index is 12.9. The van der Waals surface area contributed by atoms with E-state index in [-0.39, 0.29) is 18.8 Å². The largest absolute Gasteiger partial charge is 0.413 e. The van der Waals surface area contributed by atoms with Crippen LogP contribution < -0.4 is 0 Å². The third-order valence-electron chi connectivity index (χ3n) is 6.89. The molecular formula is C26H48O5Si2. The normalized spacial score (nSPS) is 14.3. The molecule has 0 unspecified atom stereocenters. The van der Waals surface area contributed by atoms with E-state index in [2.05, 4.69) is 53.4 Å². The second-order valence-corrected chi connectivity index (χ2v) is 18.4. The number of hydrogen-bond acceptors (Lipinski definition) is 5. The molecule has 0 heterocycles. The van der Waals surface area contributed by atoms with Crippen molar-refractivity contribution in [2.75, 3.05) is 13.2 Å². The highest BCUT2D eigenvalue weighted by Crippen LogP contribution is 2.26. The first-order valence-electron chi connectivity index (χ1n) is 12.6. The van der Waals surface area contributed by atoms with Gasteiger partial charge < -0.3 is 19.1 Å². The molecule has 33 heavy (non-hydrogen) atoms. The van der Waals surface area contributed by atoms with E-state index in [0.717, 1.165) is 41.8 Å². The number of ketones is 1. The van der Waals surface area contributed by atoms with E-state index in [1.54, 1.807) is 12.2 Å². The van der Waals surface area contributed by atoms with Gasteiger partial charge in [0.05, 0.1) is 19.3 Å². The Labute approximate surface area is 204 Å². The standard InChI is InChI=1S/C26H48O5Si2/c1-9-32(10-2,11-3)30-19-18-23(21-27)25(29)20-26(24(28)17-15-16-22(7)8)31-33(12-4,13-5)14-6/h16,18,25-27,29H,9-14,19-21H2,1-8H3/b23-18+/t25-,26+/m1/s1. The first-order valence-corrected chi connectivity index (χ1v) is 17.7. The molecule has 0 rings (SSSR count). The van der Waals surface area contributed by atoms with Crippen molar-refractivity contribution < 1.29 is 23.9 Å². The van der Waals surface area contributed by atoms with Crippen LogP contribution in [0.3, 0.4) is 0 Å². The Balaban J connectivity index is 5.68. The van der Waals surface area contributed by atoms with Crippen LogP contribution in [0.1, 0.15) is 61.8 Å². The number of carbonyl (C=O) groups is 1. The van der Waals surface area contributed by atoms with Gasteiger partial charge in [-0.1, -0.05) is 59.1 Å². The van der Waals surface area contributed by atoms with E-state index in [9.17, 15) is 15.0 Å². The third kappa shape index (κ3) is 10.8. The minimum absolute atomic E-state index is 0.0847. The molecule has 0 aromatic carbocycles. The number of aliphatic hydroxyl groups excluding tert-OH is 2. The average Bonchev–Trinajstić information content (AvgIpc) is 2.82. The highest BCUT2D eigenvalue weighted by molar-refractivity contribution is 6.74. The number of allylic oxidation sites excluding steroid dienone is 2. The molecule has 0 radical (unpaired) electrons. The Hall–Kier alpha value is -1.02. The number of aliphatic hydroxyl groups is 2. The van der Waals surface area contributed by atoms with Gasteiger partial charge in [-0.15, -0.1) is 0 Å². The summed E-state index contributed by atoms with van der Waals surface area (Å²) in [5.74, 6) is 5.16. The van der Waals surface area contributed by atoms with Crippen molar-refractivity contribution in [3.8, 4) is 11.8 Å². The minimum Gasteiger partial charge on any atom is -0.413 e. The van der Waals surface area contributed by atoms with Gasteiger partial charge >= 0.3 is 0 Å². The van der Waals surface area contributed by atoms with Gasteiger partial charge in [-0.2, -0.15) is 0 Å². The molecule has 0 aliphatic heterocycles. The summed E-state index contributed by atoms with van der Waals surface area (Å²) in [5.41, 5.74) is 1.49. The van der Waals surface area contributed by atoms with E-state index >= 15 is 0 Å². The second-order valence-electron chi connectivity index (χ2n) is 8.95. The summed E-state index contributed by atoms with van der Waals surface area (Å²) in [6.07, 6.45) is 1.76. The zero-order chi connectivity index (χ0) is 25.5. The zero-order valence-electron chi connectivity index (χ0n) is 22.3. The van der Waals surface area contributed by atoms with Crippen LogP contribution in [0.4, 0.5) is 0 Å². The molecule has 0 saturated heterocycles. The van der Waals surface area contributed by atoms with Gasteiger partial charge in [0.2, 0.25) is 5.78 Å². The molecule has 0 aromatic rings. The number of carbonyl (C=O) groups excluding carboxylic acids is 1. The number of rotatable bonds is 16. The summed E-state index contributed by atoms with van der Waals surface area (Å²) in [6, 6.07) is 5.81. The smallest absolute Gasteiger partial charge is 0.233 e. The van der Waals surface area contributed by atoms with Crippen LogP contribution in [-0.4, -0.2) is 58.1 Å². The summed E-state index contributed by atoms with van der Waals surface area (Å²) in [6.45, 7) is 16.7. The van der Waals surface area contributed by atoms with Gasteiger partial charge in [0, 0.05) is 6.42 Å². The lowest BCUT2D eigenvalue weighted by Gasteiger charge is -2.33. The summed E-state index contributed by atoms with van der Waals surface area (Å²) >= 11 is 0. The lowest BCUT2D eigenvalue weighted by molar-refractivity contribution is -0.121. The number of Topliss-reactive ketones (excluding diaryl/α,β-unsaturated/α-hetero) is 1. The van der Waals surface area contributed by atoms with Crippen LogP contribution in [0.25, 0.3) is 0 Å². The van der Waals surface area contributed by atoms with Crippen LogP contribution in [0.2, 0.25) is 36.3 Å². The average molecular weight is 497 g/mol. The van der Waals surface area contributed by atoms with E-state index in [0.29, 0.717) is 12.2 Å². The fourth-order valence-corrected chi connectivity index (χ4v) is 9.24. The highest BCUT2D eigenvalue weighted by atomic mass is 28.4. The topological polar surface area (TPSA) is 76.0 Å². The lowest BCUT2D eigenvalue weighted by atomic mass is 10.0. The van der Waals surface area contributed by atoms with Gasteiger partial charge in [0.1, 0.15) is 6.10 Å². The van der Waals surface area contributed by atoms with Crippen molar-refractivity contribution in [2.45, 2.75) is 110 Å². The van der Waals surface area contributed by atoms with Gasteiger partial charge in [-0.3, -0.25) is 4.79 Å². The Bertz CT molecular complexity index is 677. The molecule has 0 aromatic heterocycles. The Morgan fingerprint density at radius 3 is 1.88 bits per heavy atom. The number of hydrogen-bond donors (Lipinski definition) is 2. The Kier molecular flexibility index (Phi) is 16.1. The summed E-state index contributed by atoms with van der Waals surface area (Å²) in [5, 5.41) is 20.8. The predicted octanol–water partition coefficient (Wildman–Crippen LogP) is 5.61. The highest BCUT2D eigenvalue weighted by Gasteiger charge is 2.35. The zero-order valence-corrected chi connectivity index (χ0v) is 24.3. The molecule has 190 valence electrons. The maximum absolute atomic E-state index is 12.9. The van der Waals surface area contributed by atoms with Crippen LogP contribution >= 0.6 is 0 Å². The SMILES string of the molecule is CC[Si](CC)(CC)OC/C=C(\CO)[C@H](O)C[C@H](O[Si](CC)(CC)CC)C(=O)C#CC=C(C)C. The quantitative estimate of drug-likeness (QED) is 0.126. The van der Waals surface area contributed by atoms with Crippen molar-refractivity contribution in [2.24, 2.45) is 0 Å². The molecule has 0 fully saturated rings. The molecule has 0 aliphatic rings. The van der Waals surface area contributed by atoms with E-state index in [1.807, 2.05) is 13.8 Å². The van der Waals surface area contributed by atoms with Crippen molar-refractivity contribution in [1.29, 1.82) is 0 Å². The van der Waals surface area contributed by atoms with Gasteiger partial charge in [-0.25, -0.2) is 0 Å². The molecule has 0 amide bonds. The fraction of sp³-hybridized carbons (Fsp3) is 0.731. The molecule has 7 heteroatoms. The van der Waals surface area contributed by atoms with Crippen LogP contribution in [0.15, 0.2) is 23.3 Å². The lowest BCUT2D eigenvalue weighted by Crippen LogP contribution is -2.44.